The van der Waals surface area contributed by atoms with Crippen LogP contribution in [0.3, 0.4) is 0 Å². The molecule has 0 aliphatic rings. The lowest BCUT2D eigenvalue weighted by atomic mass is 10.1. The van der Waals surface area contributed by atoms with E-state index in [2.05, 4.69) is 36.2 Å². The van der Waals surface area contributed by atoms with Gasteiger partial charge in [-0.1, -0.05) is 43.2 Å². The number of rotatable bonds is 5. The van der Waals surface area contributed by atoms with Crippen molar-refractivity contribution in [2.24, 2.45) is 0 Å². The maximum Gasteiger partial charge on any atom is 0.274 e. The second-order valence-electron chi connectivity index (χ2n) is 5.18. The molecule has 0 unspecified atom stereocenters. The SMILES string of the molecule is CCCc1cc(C(=O)N(C)Cc2ccc(C)cc2)n[nH]1. The van der Waals surface area contributed by atoms with E-state index < -0.39 is 0 Å². The largest absolute Gasteiger partial charge is 0.336 e. The van der Waals surface area contributed by atoms with Crippen LogP contribution in [0.5, 0.6) is 0 Å². The summed E-state index contributed by atoms with van der Waals surface area (Å²) in [5.74, 6) is -0.0517. The standard InChI is InChI=1S/C16H21N3O/c1-4-5-14-10-15(18-17-14)16(20)19(3)11-13-8-6-12(2)7-9-13/h6-10H,4-5,11H2,1-3H3,(H,17,18). The van der Waals surface area contributed by atoms with Gasteiger partial charge in [-0.15, -0.1) is 0 Å². The van der Waals surface area contributed by atoms with Gasteiger partial charge in [-0.05, 0) is 25.0 Å². The Balaban J connectivity index is 2.02. The van der Waals surface area contributed by atoms with Crippen molar-refractivity contribution in [1.82, 2.24) is 15.1 Å². The molecule has 106 valence electrons. The number of nitrogens with one attached hydrogen (secondary N) is 1. The molecule has 1 amide bonds. The number of hydrogen-bond acceptors (Lipinski definition) is 2. The Hall–Kier alpha value is -2.10. The number of amides is 1. The van der Waals surface area contributed by atoms with Crippen LogP contribution in [0.1, 0.15) is 40.7 Å². The second-order valence-corrected chi connectivity index (χ2v) is 5.18. The predicted molar refractivity (Wildman–Crippen MR) is 79.6 cm³/mol. The van der Waals surface area contributed by atoms with E-state index in [1.54, 1.807) is 11.9 Å². The van der Waals surface area contributed by atoms with Crippen LogP contribution in [0, 0.1) is 6.92 Å². The van der Waals surface area contributed by atoms with Crippen LogP contribution in [-0.2, 0) is 13.0 Å². The summed E-state index contributed by atoms with van der Waals surface area (Å²) in [7, 11) is 1.80. The van der Waals surface area contributed by atoms with Crippen molar-refractivity contribution in [2.75, 3.05) is 7.05 Å². The van der Waals surface area contributed by atoms with E-state index in [1.807, 2.05) is 18.2 Å². The molecule has 4 heteroatoms. The summed E-state index contributed by atoms with van der Waals surface area (Å²) in [5.41, 5.74) is 3.85. The molecule has 2 rings (SSSR count). The minimum Gasteiger partial charge on any atom is -0.336 e. The number of benzene rings is 1. The maximum absolute atomic E-state index is 12.3. The monoisotopic (exact) mass is 271 g/mol. The van der Waals surface area contributed by atoms with Crippen molar-refractivity contribution in [2.45, 2.75) is 33.2 Å². The fourth-order valence-corrected chi connectivity index (χ4v) is 2.10. The third-order valence-electron chi connectivity index (χ3n) is 3.26. The minimum atomic E-state index is -0.0517. The molecule has 0 saturated carbocycles. The molecule has 1 aromatic heterocycles. The average Bonchev–Trinajstić information content (AvgIpc) is 2.89. The Labute approximate surface area is 119 Å². The Morgan fingerprint density at radius 2 is 2.00 bits per heavy atom. The number of aromatic amines is 1. The number of aromatic nitrogens is 2. The van der Waals surface area contributed by atoms with Crippen molar-refractivity contribution in [3.8, 4) is 0 Å². The van der Waals surface area contributed by atoms with E-state index in [0.717, 1.165) is 24.1 Å². The molecule has 1 N–H and O–H groups in total. The Bertz CT molecular complexity index is 572. The second kappa shape index (κ2) is 6.37. The summed E-state index contributed by atoms with van der Waals surface area (Å²) in [4.78, 5) is 14.0. The van der Waals surface area contributed by atoms with E-state index in [0.29, 0.717) is 12.2 Å². The van der Waals surface area contributed by atoms with Gasteiger partial charge in [0, 0.05) is 19.3 Å². The van der Waals surface area contributed by atoms with Gasteiger partial charge in [-0.3, -0.25) is 9.89 Å². The number of aryl methyl sites for hydroxylation is 2. The number of carbonyl (C=O) groups is 1. The summed E-state index contributed by atoms with van der Waals surface area (Å²) in [6.07, 6.45) is 1.96. The smallest absolute Gasteiger partial charge is 0.274 e. The molecule has 0 aliphatic heterocycles. The molecule has 0 fully saturated rings. The van der Waals surface area contributed by atoms with Gasteiger partial charge in [-0.2, -0.15) is 5.10 Å². The first-order valence-electron chi connectivity index (χ1n) is 6.95. The molecule has 0 atom stereocenters. The van der Waals surface area contributed by atoms with Crippen molar-refractivity contribution in [3.63, 3.8) is 0 Å². The summed E-state index contributed by atoms with van der Waals surface area (Å²) in [6, 6.07) is 10.1. The lowest BCUT2D eigenvalue weighted by Crippen LogP contribution is -2.26. The van der Waals surface area contributed by atoms with E-state index in [-0.39, 0.29) is 5.91 Å². The van der Waals surface area contributed by atoms with Gasteiger partial charge in [0.05, 0.1) is 0 Å². The van der Waals surface area contributed by atoms with Crippen LogP contribution in [0.25, 0.3) is 0 Å². The molecule has 0 saturated heterocycles. The molecule has 20 heavy (non-hydrogen) atoms. The molecular weight excluding hydrogens is 250 g/mol. The Kier molecular flexibility index (Phi) is 4.56. The highest BCUT2D eigenvalue weighted by molar-refractivity contribution is 5.92. The first kappa shape index (κ1) is 14.3. The fraction of sp³-hybridized carbons (Fsp3) is 0.375. The zero-order chi connectivity index (χ0) is 14.5. The lowest BCUT2D eigenvalue weighted by Gasteiger charge is -2.15. The van der Waals surface area contributed by atoms with Crippen LogP contribution in [-0.4, -0.2) is 28.1 Å². The number of H-pyrrole nitrogens is 1. The van der Waals surface area contributed by atoms with E-state index in [4.69, 9.17) is 0 Å². The summed E-state index contributed by atoms with van der Waals surface area (Å²) < 4.78 is 0. The van der Waals surface area contributed by atoms with Crippen molar-refractivity contribution in [1.29, 1.82) is 0 Å². The number of hydrogen-bond donors (Lipinski definition) is 1. The van der Waals surface area contributed by atoms with Gasteiger partial charge in [0.25, 0.3) is 5.91 Å². The minimum absolute atomic E-state index is 0.0517. The predicted octanol–water partition coefficient (Wildman–Crippen LogP) is 2.94. The van der Waals surface area contributed by atoms with E-state index >= 15 is 0 Å². The van der Waals surface area contributed by atoms with Gasteiger partial charge in [-0.25, -0.2) is 0 Å². The zero-order valence-corrected chi connectivity index (χ0v) is 12.3. The molecule has 0 spiro atoms. The van der Waals surface area contributed by atoms with Crippen LogP contribution in [0.15, 0.2) is 30.3 Å². The Morgan fingerprint density at radius 3 is 2.65 bits per heavy atom. The highest BCUT2D eigenvalue weighted by Gasteiger charge is 2.15. The molecule has 0 bridgehead atoms. The third-order valence-corrected chi connectivity index (χ3v) is 3.26. The van der Waals surface area contributed by atoms with Gasteiger partial charge >= 0.3 is 0 Å². The van der Waals surface area contributed by atoms with Crippen LogP contribution in [0.2, 0.25) is 0 Å². The Morgan fingerprint density at radius 1 is 1.30 bits per heavy atom. The van der Waals surface area contributed by atoms with Crippen molar-refractivity contribution >= 4 is 5.91 Å². The van der Waals surface area contributed by atoms with Crippen LogP contribution < -0.4 is 0 Å². The number of carbonyl (C=O) groups excluding carboxylic acids is 1. The fourth-order valence-electron chi connectivity index (χ4n) is 2.10. The molecule has 1 heterocycles. The van der Waals surface area contributed by atoms with Crippen molar-refractivity contribution < 1.29 is 4.79 Å². The van der Waals surface area contributed by atoms with Gasteiger partial charge in [0.15, 0.2) is 0 Å². The normalized spacial score (nSPS) is 10.6. The van der Waals surface area contributed by atoms with Crippen LogP contribution >= 0.6 is 0 Å². The first-order chi connectivity index (χ1) is 9.60. The molecule has 2 aromatic rings. The average molecular weight is 271 g/mol. The molecule has 1 aromatic carbocycles. The van der Waals surface area contributed by atoms with Gasteiger partial charge in [0.2, 0.25) is 0 Å². The quantitative estimate of drug-likeness (QED) is 0.909. The summed E-state index contributed by atoms with van der Waals surface area (Å²) in [6.45, 7) is 4.75. The number of nitrogens with zero attached hydrogens (tertiary/aromatic N) is 2. The van der Waals surface area contributed by atoms with E-state index in [9.17, 15) is 4.79 Å². The van der Waals surface area contributed by atoms with Gasteiger partial charge in [0.1, 0.15) is 5.69 Å². The topological polar surface area (TPSA) is 49.0 Å². The maximum atomic E-state index is 12.3. The molecule has 0 radical (unpaired) electrons. The third kappa shape index (κ3) is 3.47. The summed E-state index contributed by atoms with van der Waals surface area (Å²) in [5, 5.41) is 7.01. The highest BCUT2D eigenvalue weighted by atomic mass is 16.2. The lowest BCUT2D eigenvalue weighted by molar-refractivity contribution is 0.0779. The summed E-state index contributed by atoms with van der Waals surface area (Å²) >= 11 is 0. The highest BCUT2D eigenvalue weighted by Crippen LogP contribution is 2.10. The molecular formula is C16H21N3O. The molecule has 4 nitrogen and oxygen atoms in total. The van der Waals surface area contributed by atoms with Crippen LogP contribution in [0.4, 0.5) is 0 Å². The zero-order valence-electron chi connectivity index (χ0n) is 12.3. The first-order valence-corrected chi connectivity index (χ1v) is 6.95. The van der Waals surface area contributed by atoms with Gasteiger partial charge < -0.3 is 4.90 Å². The van der Waals surface area contributed by atoms with E-state index in [1.165, 1.54) is 5.56 Å². The molecule has 0 aliphatic carbocycles. The van der Waals surface area contributed by atoms with Crippen molar-refractivity contribution in [3.05, 3.63) is 52.8 Å².